The third-order valence-corrected chi connectivity index (χ3v) is 3.32. The second-order valence-corrected chi connectivity index (χ2v) is 5.38. The molecule has 0 spiro atoms. The van der Waals surface area contributed by atoms with Gasteiger partial charge in [0, 0.05) is 18.8 Å². The lowest BCUT2D eigenvalue weighted by Crippen LogP contribution is -2.06. The van der Waals surface area contributed by atoms with Crippen molar-refractivity contribution in [3.8, 4) is 11.8 Å². The van der Waals surface area contributed by atoms with Crippen LogP contribution in [0.3, 0.4) is 0 Å². The molecule has 23 heavy (non-hydrogen) atoms. The largest absolute Gasteiger partial charge is 0.469 e. The Bertz CT molecular complexity index is 465. The van der Waals surface area contributed by atoms with E-state index in [-0.39, 0.29) is 17.7 Å². The molecule has 0 radical (unpaired) electrons. The number of carbonyl (C=O) groups excluding carboxylic acids is 2. The van der Waals surface area contributed by atoms with Crippen molar-refractivity contribution in [1.29, 1.82) is 0 Å². The van der Waals surface area contributed by atoms with Crippen molar-refractivity contribution in [3.05, 3.63) is 24.3 Å². The Morgan fingerprint density at radius 1 is 1.26 bits per heavy atom. The molecule has 0 aliphatic rings. The van der Waals surface area contributed by atoms with Crippen molar-refractivity contribution in [3.63, 3.8) is 0 Å². The van der Waals surface area contributed by atoms with Crippen molar-refractivity contribution in [2.45, 2.75) is 58.5 Å². The van der Waals surface area contributed by atoms with Crippen LogP contribution < -0.4 is 0 Å². The summed E-state index contributed by atoms with van der Waals surface area (Å²) in [6.07, 6.45) is 10.1. The van der Waals surface area contributed by atoms with Crippen molar-refractivity contribution in [1.82, 2.24) is 0 Å². The van der Waals surface area contributed by atoms with Crippen LogP contribution in [0, 0.1) is 17.8 Å². The second-order valence-electron chi connectivity index (χ2n) is 5.38. The molecule has 0 aromatic heterocycles. The zero-order valence-electron chi connectivity index (χ0n) is 14.4. The topological polar surface area (TPSA) is 63.6 Å². The van der Waals surface area contributed by atoms with E-state index in [2.05, 4.69) is 16.6 Å². The lowest BCUT2D eigenvalue weighted by molar-refractivity contribution is -0.140. The van der Waals surface area contributed by atoms with Gasteiger partial charge in [0.05, 0.1) is 13.2 Å². The highest BCUT2D eigenvalue weighted by Gasteiger charge is 2.07. The van der Waals surface area contributed by atoms with Crippen LogP contribution >= 0.6 is 0 Å². The minimum atomic E-state index is -0.544. The van der Waals surface area contributed by atoms with Crippen LogP contribution in [0.4, 0.5) is 0 Å². The van der Waals surface area contributed by atoms with Gasteiger partial charge in [0.25, 0.3) is 0 Å². The van der Waals surface area contributed by atoms with E-state index in [1.54, 1.807) is 19.1 Å². The van der Waals surface area contributed by atoms with Gasteiger partial charge in [-0.3, -0.25) is 9.59 Å². The van der Waals surface area contributed by atoms with E-state index in [9.17, 15) is 14.7 Å². The average Bonchev–Trinajstić information content (AvgIpc) is 2.55. The van der Waals surface area contributed by atoms with Gasteiger partial charge in [0.15, 0.2) is 5.78 Å². The Morgan fingerprint density at radius 2 is 1.96 bits per heavy atom. The molecule has 0 aliphatic heterocycles. The van der Waals surface area contributed by atoms with E-state index in [1.807, 2.05) is 19.1 Å². The number of ketones is 1. The van der Waals surface area contributed by atoms with Crippen LogP contribution in [0.1, 0.15) is 52.4 Å². The Balaban J connectivity index is 3.83. The summed E-state index contributed by atoms with van der Waals surface area (Å²) in [5, 5.41) is 9.71. The van der Waals surface area contributed by atoms with Gasteiger partial charge in [-0.15, -0.1) is 11.8 Å². The molecule has 0 heterocycles. The lowest BCUT2D eigenvalue weighted by Gasteiger charge is -2.04. The van der Waals surface area contributed by atoms with Crippen LogP contribution in [0.2, 0.25) is 0 Å². The molecule has 0 saturated heterocycles. The molecule has 128 valence electrons. The predicted molar refractivity (Wildman–Crippen MR) is 91.6 cm³/mol. The maximum atomic E-state index is 11.7. The molecule has 0 amide bonds. The Labute approximate surface area is 139 Å². The normalized spacial score (nSPS) is 13.6. The van der Waals surface area contributed by atoms with E-state index in [0.29, 0.717) is 25.7 Å². The van der Waals surface area contributed by atoms with Crippen LogP contribution in [0.15, 0.2) is 24.3 Å². The predicted octanol–water partition coefficient (Wildman–Crippen LogP) is 3.20. The van der Waals surface area contributed by atoms with Gasteiger partial charge in [-0.05, 0) is 38.7 Å². The van der Waals surface area contributed by atoms with Gasteiger partial charge in [-0.25, -0.2) is 0 Å². The zero-order valence-corrected chi connectivity index (χ0v) is 14.4. The summed E-state index contributed by atoms with van der Waals surface area (Å²) in [7, 11) is 1.36. The van der Waals surface area contributed by atoms with E-state index in [1.165, 1.54) is 7.11 Å². The maximum absolute atomic E-state index is 11.7. The SMILES string of the molecule is CC#CCC(C)C(=O)/C=C/CC/C=C\C(O)CCCC(=O)OC. The first kappa shape index (κ1) is 21.1. The molecule has 0 aromatic rings. The first-order valence-corrected chi connectivity index (χ1v) is 8.02. The Hall–Kier alpha value is -1.86. The number of allylic oxidation sites excluding steroid dienone is 3. The molecule has 2 unspecified atom stereocenters. The van der Waals surface area contributed by atoms with Crippen molar-refractivity contribution in [2.24, 2.45) is 5.92 Å². The third-order valence-electron chi connectivity index (χ3n) is 3.32. The fourth-order valence-electron chi connectivity index (χ4n) is 1.82. The minimum absolute atomic E-state index is 0.0640. The molecule has 0 aliphatic carbocycles. The van der Waals surface area contributed by atoms with E-state index in [0.717, 1.165) is 12.8 Å². The molecule has 0 aromatic carbocycles. The second kappa shape index (κ2) is 13.8. The maximum Gasteiger partial charge on any atom is 0.305 e. The highest BCUT2D eigenvalue weighted by atomic mass is 16.5. The minimum Gasteiger partial charge on any atom is -0.469 e. The molecule has 2 atom stereocenters. The average molecular weight is 320 g/mol. The Kier molecular flexibility index (Phi) is 12.7. The number of esters is 1. The van der Waals surface area contributed by atoms with Gasteiger partial charge in [-0.1, -0.05) is 25.2 Å². The smallest absolute Gasteiger partial charge is 0.305 e. The molecule has 4 nitrogen and oxygen atoms in total. The summed E-state index contributed by atoms with van der Waals surface area (Å²) in [5.74, 6) is 5.47. The molecule has 0 rings (SSSR count). The molecule has 4 heteroatoms. The summed E-state index contributed by atoms with van der Waals surface area (Å²) >= 11 is 0. The molecular formula is C19H28O4. The van der Waals surface area contributed by atoms with Crippen molar-refractivity contribution < 1.29 is 19.4 Å². The Morgan fingerprint density at radius 3 is 2.61 bits per heavy atom. The third kappa shape index (κ3) is 12.4. The lowest BCUT2D eigenvalue weighted by atomic mass is 10.0. The summed E-state index contributed by atoms with van der Waals surface area (Å²) < 4.78 is 4.53. The number of ether oxygens (including phenoxy) is 1. The zero-order chi connectivity index (χ0) is 17.5. The van der Waals surface area contributed by atoms with Crippen molar-refractivity contribution in [2.75, 3.05) is 7.11 Å². The van der Waals surface area contributed by atoms with Gasteiger partial charge < -0.3 is 9.84 Å². The summed E-state index contributed by atoms with van der Waals surface area (Å²) in [5.41, 5.74) is 0. The first-order valence-electron chi connectivity index (χ1n) is 8.02. The summed E-state index contributed by atoms with van der Waals surface area (Å²) in [6, 6.07) is 0. The molecule has 0 saturated carbocycles. The molecule has 1 N–H and O–H groups in total. The van der Waals surface area contributed by atoms with Crippen LogP contribution in [-0.2, 0) is 14.3 Å². The van der Waals surface area contributed by atoms with E-state index in [4.69, 9.17) is 0 Å². The number of carbonyl (C=O) groups is 2. The van der Waals surface area contributed by atoms with E-state index >= 15 is 0 Å². The van der Waals surface area contributed by atoms with Gasteiger partial charge in [0.1, 0.15) is 0 Å². The van der Waals surface area contributed by atoms with Gasteiger partial charge in [-0.2, -0.15) is 0 Å². The van der Waals surface area contributed by atoms with Crippen LogP contribution in [0.25, 0.3) is 0 Å². The van der Waals surface area contributed by atoms with Gasteiger partial charge in [0.2, 0.25) is 0 Å². The molecule has 0 bridgehead atoms. The summed E-state index contributed by atoms with van der Waals surface area (Å²) in [6.45, 7) is 3.64. The van der Waals surface area contributed by atoms with Crippen LogP contribution in [0.5, 0.6) is 0 Å². The molecule has 0 fully saturated rings. The number of hydrogen-bond acceptors (Lipinski definition) is 4. The van der Waals surface area contributed by atoms with Crippen LogP contribution in [-0.4, -0.2) is 30.1 Å². The fraction of sp³-hybridized carbons (Fsp3) is 0.579. The van der Waals surface area contributed by atoms with Gasteiger partial charge >= 0.3 is 5.97 Å². The quantitative estimate of drug-likeness (QED) is 0.209. The molecular weight excluding hydrogens is 292 g/mol. The number of aliphatic hydroxyl groups is 1. The highest BCUT2D eigenvalue weighted by molar-refractivity contribution is 5.91. The fourth-order valence-corrected chi connectivity index (χ4v) is 1.82. The number of hydrogen-bond donors (Lipinski definition) is 1. The first-order chi connectivity index (χ1) is 11.0. The monoisotopic (exact) mass is 320 g/mol. The highest BCUT2D eigenvalue weighted by Crippen LogP contribution is 2.06. The number of aliphatic hydroxyl groups excluding tert-OH is 1. The summed E-state index contributed by atoms with van der Waals surface area (Å²) in [4.78, 5) is 22.7. The van der Waals surface area contributed by atoms with Crippen molar-refractivity contribution >= 4 is 11.8 Å². The number of rotatable bonds is 11. The standard InChI is InChI=1S/C19H28O4/c1-4-5-11-16(2)18(21)14-9-7-6-8-12-17(20)13-10-15-19(22)23-3/h8-9,12,14,16-17,20H,6-7,10-11,13,15H2,1-3H3/b12-8-,14-9+. The number of unbranched alkanes of at least 4 members (excludes halogenated alkanes) is 1. The van der Waals surface area contributed by atoms with E-state index < -0.39 is 6.10 Å². The number of methoxy groups -OCH3 is 1.